The number of methoxy groups -OCH3 is 1. The summed E-state index contributed by atoms with van der Waals surface area (Å²) in [6.45, 7) is 5.27. The van der Waals surface area contributed by atoms with Crippen LogP contribution in [0.15, 0.2) is 47.8 Å². The van der Waals surface area contributed by atoms with Gasteiger partial charge in [-0.2, -0.15) is 0 Å². The van der Waals surface area contributed by atoms with Crippen molar-refractivity contribution in [2.24, 2.45) is 0 Å². The molecule has 3 heterocycles. The molecule has 0 aliphatic carbocycles. The van der Waals surface area contributed by atoms with E-state index in [0.29, 0.717) is 35.4 Å². The van der Waals surface area contributed by atoms with Crippen LogP contribution in [0.2, 0.25) is 0 Å². The van der Waals surface area contributed by atoms with Crippen LogP contribution in [0.1, 0.15) is 65.3 Å². The number of aryl methyl sites for hydroxylation is 1. The van der Waals surface area contributed by atoms with Gasteiger partial charge < -0.3 is 14.7 Å². The van der Waals surface area contributed by atoms with Gasteiger partial charge in [-0.05, 0) is 74.1 Å². The van der Waals surface area contributed by atoms with Gasteiger partial charge in [0.15, 0.2) is 5.13 Å². The fourth-order valence-electron chi connectivity index (χ4n) is 5.60. The molecule has 5 rings (SSSR count). The molecule has 2 N–H and O–H groups in total. The first-order chi connectivity index (χ1) is 19.4. The predicted octanol–water partition coefficient (Wildman–Crippen LogP) is 5.08. The van der Waals surface area contributed by atoms with Crippen LogP contribution in [0.25, 0.3) is 11.3 Å². The van der Waals surface area contributed by atoms with Crippen molar-refractivity contribution in [1.82, 2.24) is 14.8 Å². The maximum absolute atomic E-state index is 13.1. The van der Waals surface area contributed by atoms with E-state index in [2.05, 4.69) is 34.3 Å². The lowest BCUT2D eigenvalue weighted by atomic mass is 10.0. The van der Waals surface area contributed by atoms with Crippen LogP contribution in [0.3, 0.4) is 0 Å². The first-order valence-corrected chi connectivity index (χ1v) is 15.1. The van der Waals surface area contributed by atoms with E-state index in [1.54, 1.807) is 31.4 Å². The maximum Gasteiger partial charge on any atom is 0.257 e. The molecule has 2 fully saturated rings. The minimum absolute atomic E-state index is 0.00783. The number of nitrogens with one attached hydrogen (secondary N) is 1. The normalized spacial score (nSPS) is 18.2. The number of β-amino-alcohol motifs (C(OH)–C–C–N with tert-alkyl or cyclic N) is 1. The summed E-state index contributed by atoms with van der Waals surface area (Å²) in [6, 6.07) is 13.4. The summed E-state index contributed by atoms with van der Waals surface area (Å²) in [5.41, 5.74) is 3.97. The second-order valence-electron chi connectivity index (χ2n) is 10.7. The third-order valence-corrected chi connectivity index (χ3v) is 8.70. The van der Waals surface area contributed by atoms with E-state index < -0.39 is 0 Å². The lowest BCUT2D eigenvalue weighted by Crippen LogP contribution is -2.46. The fourth-order valence-corrected chi connectivity index (χ4v) is 6.30. The average molecular weight is 563 g/mol. The van der Waals surface area contributed by atoms with Crippen molar-refractivity contribution in [2.45, 2.75) is 57.6 Å². The molecule has 0 spiro atoms. The van der Waals surface area contributed by atoms with Crippen molar-refractivity contribution in [3.05, 3.63) is 64.5 Å². The predicted molar refractivity (Wildman–Crippen MR) is 158 cm³/mol. The number of anilines is 1. The number of amides is 2. The highest BCUT2D eigenvalue weighted by Gasteiger charge is 2.31. The quantitative estimate of drug-likeness (QED) is 0.378. The second kappa shape index (κ2) is 12.9. The second-order valence-corrected chi connectivity index (χ2v) is 11.5. The average Bonchev–Trinajstić information content (AvgIpc) is 3.64. The Morgan fingerprint density at radius 2 is 1.82 bits per heavy atom. The summed E-state index contributed by atoms with van der Waals surface area (Å²) in [5.74, 6) is 0.478. The molecule has 2 aliphatic rings. The molecule has 8 nitrogen and oxygen atoms in total. The molecule has 2 saturated heterocycles. The number of aliphatic hydroxyl groups is 1. The van der Waals surface area contributed by atoms with Gasteiger partial charge in [0.1, 0.15) is 5.75 Å². The Morgan fingerprint density at radius 3 is 2.50 bits per heavy atom. The Bertz CT molecular complexity index is 1320. The maximum atomic E-state index is 13.1. The van der Waals surface area contributed by atoms with Crippen molar-refractivity contribution in [1.29, 1.82) is 0 Å². The highest BCUT2D eigenvalue weighted by molar-refractivity contribution is 7.14. The lowest BCUT2D eigenvalue weighted by Gasteiger charge is -2.36. The standard InChI is InChI=1S/C31H38N4O4S/c1-3-4-5-21-6-11-28(39-2)26(18-21)27-20-40-31(32-27)33-29(37)22-7-9-23(10-8-22)30(38)34-15-12-24(13-16-34)35-17-14-25(36)19-35/h6-11,18,20,24-25,36H,3-5,12-17,19H2,1-2H3,(H,32,33,37)/t25-/m1/s1. The molecular formula is C31H38N4O4S. The Balaban J connectivity index is 1.18. The van der Waals surface area contributed by atoms with Gasteiger partial charge in [-0.15, -0.1) is 11.3 Å². The van der Waals surface area contributed by atoms with Crippen LogP contribution in [0.5, 0.6) is 5.75 Å². The van der Waals surface area contributed by atoms with Gasteiger partial charge in [0.25, 0.3) is 11.8 Å². The third-order valence-electron chi connectivity index (χ3n) is 7.94. The molecule has 0 saturated carbocycles. The van der Waals surface area contributed by atoms with Crippen molar-refractivity contribution in [3.8, 4) is 17.0 Å². The van der Waals surface area contributed by atoms with Gasteiger partial charge in [-0.3, -0.25) is 19.8 Å². The highest BCUT2D eigenvalue weighted by Crippen LogP contribution is 2.33. The molecule has 2 aliphatic heterocycles. The van der Waals surface area contributed by atoms with Crippen LogP contribution in [-0.2, 0) is 6.42 Å². The highest BCUT2D eigenvalue weighted by atomic mass is 32.1. The number of unbranched alkanes of at least 4 members (excludes halogenated alkanes) is 1. The number of piperidine rings is 1. The molecular weight excluding hydrogens is 524 g/mol. The van der Waals surface area contributed by atoms with E-state index in [4.69, 9.17) is 4.74 Å². The first-order valence-electron chi connectivity index (χ1n) is 14.2. The van der Waals surface area contributed by atoms with Crippen LogP contribution < -0.4 is 10.1 Å². The van der Waals surface area contributed by atoms with Gasteiger partial charge in [-0.1, -0.05) is 19.4 Å². The Hall–Kier alpha value is -3.27. The van der Waals surface area contributed by atoms with Crippen LogP contribution >= 0.6 is 11.3 Å². The van der Waals surface area contributed by atoms with E-state index >= 15 is 0 Å². The van der Waals surface area contributed by atoms with Crippen molar-refractivity contribution in [3.63, 3.8) is 0 Å². The molecule has 212 valence electrons. The number of hydrogen-bond donors (Lipinski definition) is 2. The zero-order valence-corrected chi connectivity index (χ0v) is 24.1. The van der Waals surface area contributed by atoms with Gasteiger partial charge in [0, 0.05) is 54.3 Å². The molecule has 1 atom stereocenters. The molecule has 0 unspecified atom stereocenters. The zero-order valence-electron chi connectivity index (χ0n) is 23.3. The molecule has 0 radical (unpaired) electrons. The zero-order chi connectivity index (χ0) is 28.1. The minimum Gasteiger partial charge on any atom is -0.496 e. The summed E-state index contributed by atoms with van der Waals surface area (Å²) in [6.07, 6.45) is 5.72. The number of carbonyl (C=O) groups excluding carboxylic acids is 2. The molecule has 1 aromatic heterocycles. The number of thiazole rings is 1. The number of nitrogens with zero attached hydrogens (tertiary/aromatic N) is 3. The van der Waals surface area contributed by atoms with Gasteiger partial charge in [0.2, 0.25) is 0 Å². The summed E-state index contributed by atoms with van der Waals surface area (Å²) in [5, 5.41) is 15.1. The number of carbonyl (C=O) groups is 2. The number of rotatable bonds is 9. The molecule has 40 heavy (non-hydrogen) atoms. The number of benzene rings is 2. The Kier molecular flexibility index (Phi) is 9.14. The molecule has 2 amide bonds. The van der Waals surface area contributed by atoms with E-state index in [1.807, 2.05) is 16.3 Å². The number of aromatic nitrogens is 1. The molecule has 3 aromatic rings. The number of ether oxygens (including phenoxy) is 1. The lowest BCUT2D eigenvalue weighted by molar-refractivity contribution is 0.0627. The van der Waals surface area contributed by atoms with Crippen LogP contribution in [0.4, 0.5) is 5.13 Å². The SMILES string of the molecule is CCCCc1ccc(OC)c(-c2csc(NC(=O)c3ccc(C(=O)N4CCC(N5CC[C@@H](O)C5)CC4)cc3)n2)c1. The van der Waals surface area contributed by atoms with E-state index in [9.17, 15) is 14.7 Å². The summed E-state index contributed by atoms with van der Waals surface area (Å²) < 4.78 is 5.56. The number of likely N-dealkylation sites (tertiary alicyclic amines) is 2. The van der Waals surface area contributed by atoms with E-state index in [-0.39, 0.29) is 17.9 Å². The van der Waals surface area contributed by atoms with Gasteiger partial charge in [-0.25, -0.2) is 4.98 Å². The first kappa shape index (κ1) is 28.3. The summed E-state index contributed by atoms with van der Waals surface area (Å²) in [7, 11) is 1.65. The van der Waals surface area contributed by atoms with Crippen molar-refractivity contribution >= 4 is 28.3 Å². The van der Waals surface area contributed by atoms with Crippen molar-refractivity contribution < 1.29 is 19.4 Å². The Morgan fingerprint density at radius 1 is 1.07 bits per heavy atom. The van der Waals surface area contributed by atoms with E-state index in [0.717, 1.165) is 68.6 Å². The van der Waals surface area contributed by atoms with E-state index in [1.165, 1.54) is 16.9 Å². The van der Waals surface area contributed by atoms with Crippen molar-refractivity contribution in [2.75, 3.05) is 38.6 Å². The monoisotopic (exact) mass is 562 g/mol. The van der Waals surface area contributed by atoms with Gasteiger partial charge in [0.05, 0.1) is 18.9 Å². The fraction of sp³-hybridized carbons (Fsp3) is 0.452. The smallest absolute Gasteiger partial charge is 0.257 e. The van der Waals surface area contributed by atoms with Gasteiger partial charge >= 0.3 is 0 Å². The molecule has 2 aromatic carbocycles. The molecule has 9 heteroatoms. The third kappa shape index (κ3) is 6.54. The Labute approximate surface area is 240 Å². The van der Waals surface area contributed by atoms with Crippen LogP contribution in [0, 0.1) is 0 Å². The minimum atomic E-state index is -0.267. The van der Waals surface area contributed by atoms with Crippen LogP contribution in [-0.4, -0.2) is 77.1 Å². The topological polar surface area (TPSA) is 95.0 Å². The largest absolute Gasteiger partial charge is 0.496 e. The summed E-state index contributed by atoms with van der Waals surface area (Å²) >= 11 is 1.37. The summed E-state index contributed by atoms with van der Waals surface area (Å²) in [4.78, 5) is 34.9. The molecule has 0 bridgehead atoms. The number of aliphatic hydroxyl groups excluding tert-OH is 1. The number of hydrogen-bond acceptors (Lipinski definition) is 7.